The summed E-state index contributed by atoms with van der Waals surface area (Å²) in [5, 5.41) is 4.41. The van der Waals surface area contributed by atoms with Gasteiger partial charge in [-0.3, -0.25) is 9.59 Å². The number of carbonyl (C=O) groups excluding carboxylic acids is 2. The summed E-state index contributed by atoms with van der Waals surface area (Å²) in [6.07, 6.45) is 9.76. The number of nitrogens with one attached hydrogen (secondary N) is 2. The van der Waals surface area contributed by atoms with Crippen molar-refractivity contribution >= 4 is 22.6 Å². The molecule has 0 unspecified atom stereocenters. The predicted molar refractivity (Wildman–Crippen MR) is 166 cm³/mol. The van der Waals surface area contributed by atoms with Gasteiger partial charge >= 0.3 is 0 Å². The van der Waals surface area contributed by atoms with Gasteiger partial charge in [-0.1, -0.05) is 51.8 Å². The molecule has 1 saturated carbocycles. The molecule has 1 spiro atoms. The van der Waals surface area contributed by atoms with Gasteiger partial charge in [0.15, 0.2) is 0 Å². The number of nitrogens with zero attached hydrogens (tertiary/aromatic N) is 3. The van der Waals surface area contributed by atoms with Gasteiger partial charge in [-0.05, 0) is 68.7 Å². The quantitative estimate of drug-likeness (QED) is 0.214. The number of H-pyrrole nitrogens is 1. The molecular weight excluding hydrogens is 526 g/mol. The van der Waals surface area contributed by atoms with E-state index in [2.05, 4.69) is 35.1 Å². The van der Waals surface area contributed by atoms with Crippen LogP contribution in [0.5, 0.6) is 5.88 Å². The molecule has 3 aromatic rings. The molecule has 0 bridgehead atoms. The number of unbranched alkanes of at least 4 members (excludes halogenated alkanes) is 2. The highest BCUT2D eigenvalue weighted by Crippen LogP contribution is 2.59. The van der Waals surface area contributed by atoms with Gasteiger partial charge in [0.1, 0.15) is 11.6 Å². The summed E-state index contributed by atoms with van der Waals surface area (Å²) in [6.45, 7) is 9.77. The molecule has 2 N–H and O–H groups in total. The van der Waals surface area contributed by atoms with Crippen molar-refractivity contribution in [2.75, 3.05) is 26.7 Å². The number of imidazole rings is 1. The van der Waals surface area contributed by atoms with Gasteiger partial charge in [-0.2, -0.15) is 0 Å². The van der Waals surface area contributed by atoms with Crippen LogP contribution in [0.4, 0.5) is 0 Å². The number of rotatable bonds is 14. The summed E-state index contributed by atoms with van der Waals surface area (Å²) in [5.41, 5.74) is 2.69. The van der Waals surface area contributed by atoms with E-state index in [4.69, 9.17) is 14.7 Å². The lowest BCUT2D eigenvalue weighted by molar-refractivity contribution is -0.124. The van der Waals surface area contributed by atoms with Crippen LogP contribution in [0.15, 0.2) is 36.5 Å². The van der Waals surface area contributed by atoms with Gasteiger partial charge in [0.25, 0.3) is 0 Å². The van der Waals surface area contributed by atoms with Crippen LogP contribution < -0.4 is 10.1 Å². The molecule has 1 aromatic carbocycles. The zero-order chi connectivity index (χ0) is 29.7. The van der Waals surface area contributed by atoms with Crippen molar-refractivity contribution in [1.82, 2.24) is 25.2 Å². The normalized spacial score (nSPS) is 18.8. The zero-order valence-electron chi connectivity index (χ0n) is 25.7. The van der Waals surface area contributed by atoms with Crippen molar-refractivity contribution in [3.8, 4) is 17.1 Å². The van der Waals surface area contributed by atoms with Gasteiger partial charge in [0.2, 0.25) is 11.8 Å². The first-order valence-corrected chi connectivity index (χ1v) is 15.9. The number of para-hydroxylation sites is 1. The minimum Gasteiger partial charge on any atom is -0.480 e. The second-order valence-electron chi connectivity index (χ2n) is 12.8. The predicted octanol–water partition coefficient (Wildman–Crippen LogP) is 6.48. The number of aromatic nitrogens is 3. The Labute approximate surface area is 250 Å². The van der Waals surface area contributed by atoms with E-state index in [1.165, 1.54) is 0 Å². The highest BCUT2D eigenvalue weighted by molar-refractivity contribution is 5.85. The van der Waals surface area contributed by atoms with Crippen LogP contribution in [0, 0.1) is 17.3 Å². The molecule has 226 valence electrons. The molecule has 1 aliphatic heterocycles. The van der Waals surface area contributed by atoms with E-state index in [1.807, 2.05) is 37.4 Å². The Morgan fingerprint density at radius 1 is 1.17 bits per heavy atom. The molecular formula is C34H47N5O3. The summed E-state index contributed by atoms with van der Waals surface area (Å²) >= 11 is 0. The second-order valence-corrected chi connectivity index (χ2v) is 12.8. The number of piperidine rings is 1. The summed E-state index contributed by atoms with van der Waals surface area (Å²) < 4.78 is 5.63. The molecule has 2 fully saturated rings. The minimum absolute atomic E-state index is 0.0857. The molecule has 5 rings (SSSR count). The highest BCUT2D eigenvalue weighted by atomic mass is 16.5. The first kappa shape index (κ1) is 30.2. The van der Waals surface area contributed by atoms with Crippen molar-refractivity contribution < 1.29 is 14.3 Å². The molecule has 2 aliphatic rings. The summed E-state index contributed by atoms with van der Waals surface area (Å²) in [5.74, 6) is 2.51. The first-order valence-electron chi connectivity index (χ1n) is 15.9. The van der Waals surface area contributed by atoms with Crippen LogP contribution >= 0.6 is 0 Å². The zero-order valence-corrected chi connectivity index (χ0v) is 25.7. The molecule has 2 atom stereocenters. The lowest BCUT2D eigenvalue weighted by Gasteiger charge is -2.33. The molecule has 1 aliphatic carbocycles. The van der Waals surface area contributed by atoms with Crippen molar-refractivity contribution in [2.24, 2.45) is 17.3 Å². The summed E-state index contributed by atoms with van der Waals surface area (Å²) in [7, 11) is 1.63. The maximum absolute atomic E-state index is 13.6. The number of hydrogen-bond donors (Lipinski definition) is 2. The fourth-order valence-corrected chi connectivity index (χ4v) is 6.64. The fraction of sp³-hybridized carbons (Fsp3) is 0.588. The van der Waals surface area contributed by atoms with E-state index < -0.39 is 0 Å². The molecule has 8 heteroatoms. The third-order valence-corrected chi connectivity index (χ3v) is 9.24. The Kier molecular flexibility index (Phi) is 9.61. The third-order valence-electron chi connectivity index (χ3n) is 9.24. The highest BCUT2D eigenvalue weighted by Gasteiger charge is 2.58. The van der Waals surface area contributed by atoms with Crippen LogP contribution in [0.1, 0.15) is 90.4 Å². The average Bonchev–Trinajstić information content (AvgIpc) is 3.47. The molecule has 42 heavy (non-hydrogen) atoms. The fourth-order valence-electron chi connectivity index (χ4n) is 6.64. The van der Waals surface area contributed by atoms with E-state index >= 15 is 0 Å². The average molecular weight is 574 g/mol. The van der Waals surface area contributed by atoms with Crippen LogP contribution in [0.3, 0.4) is 0 Å². The maximum atomic E-state index is 13.6. The van der Waals surface area contributed by atoms with Crippen LogP contribution in [-0.2, 0) is 9.59 Å². The second kappa shape index (κ2) is 13.4. The van der Waals surface area contributed by atoms with Gasteiger partial charge in [-0.25, -0.2) is 9.97 Å². The number of aromatic amines is 1. The topological polar surface area (TPSA) is 100 Å². The van der Waals surface area contributed by atoms with Gasteiger partial charge in [-0.15, -0.1) is 0 Å². The Bertz CT molecular complexity index is 1370. The number of likely N-dealkylation sites (tertiary alicyclic amines) is 1. The molecule has 0 radical (unpaired) electrons. The number of ketones is 1. The monoisotopic (exact) mass is 573 g/mol. The molecule has 1 saturated heterocycles. The Hall–Kier alpha value is -3.26. The van der Waals surface area contributed by atoms with Crippen molar-refractivity contribution in [2.45, 2.75) is 84.6 Å². The summed E-state index contributed by atoms with van der Waals surface area (Å²) in [4.78, 5) is 40.9. The number of Topliss-reactive ketones (excluding diaryl/α,β-unsaturated/α-hetero) is 1. The minimum atomic E-state index is -0.216. The van der Waals surface area contributed by atoms with Crippen LogP contribution in [0.25, 0.3) is 22.2 Å². The molecule has 1 amide bonds. The van der Waals surface area contributed by atoms with Crippen LogP contribution in [-0.4, -0.2) is 58.3 Å². The lowest BCUT2D eigenvalue weighted by atomic mass is 9.90. The molecule has 8 nitrogen and oxygen atoms in total. The van der Waals surface area contributed by atoms with Gasteiger partial charge in [0, 0.05) is 30.7 Å². The third kappa shape index (κ3) is 7.02. The number of fused-ring (bicyclic) bond motifs is 1. The SMILES string of the molecule is CCC(=O)CCCCC[C@H](NC(=O)[C@H]1CC12CCN(CC(C)C)CC2)c1ncc(-c2cc3ccccc3nc2OC)[nH]1. The summed E-state index contributed by atoms with van der Waals surface area (Å²) in [6, 6.07) is 9.82. The van der Waals surface area contributed by atoms with Gasteiger partial charge in [0.05, 0.1) is 36.1 Å². The maximum Gasteiger partial charge on any atom is 0.224 e. The number of pyridine rings is 1. The number of hydrogen-bond acceptors (Lipinski definition) is 6. The number of ether oxygens (including phenoxy) is 1. The van der Waals surface area contributed by atoms with Crippen LogP contribution in [0.2, 0.25) is 0 Å². The number of amides is 1. The van der Waals surface area contributed by atoms with Crippen molar-refractivity contribution in [3.05, 3.63) is 42.4 Å². The van der Waals surface area contributed by atoms with E-state index in [0.717, 1.165) is 92.6 Å². The lowest BCUT2D eigenvalue weighted by Crippen LogP contribution is -2.39. The van der Waals surface area contributed by atoms with E-state index in [0.29, 0.717) is 30.4 Å². The molecule has 3 heterocycles. The van der Waals surface area contributed by atoms with E-state index in [1.54, 1.807) is 7.11 Å². The van der Waals surface area contributed by atoms with Crippen molar-refractivity contribution in [3.63, 3.8) is 0 Å². The van der Waals surface area contributed by atoms with Gasteiger partial charge < -0.3 is 19.9 Å². The Morgan fingerprint density at radius 3 is 2.69 bits per heavy atom. The Morgan fingerprint density at radius 2 is 1.95 bits per heavy atom. The number of benzene rings is 1. The number of methoxy groups -OCH3 is 1. The standard InChI is InChI=1S/C34H47N5O3/c1-5-25(40)12-7-6-8-14-29(37-32(41)27-20-34(27)15-17-39(18-16-34)22-23(2)3)31-35-21-30(36-31)26-19-24-11-9-10-13-28(24)38-33(26)42-4/h9-11,13,19,21,23,27,29H,5-8,12,14-18,20,22H2,1-4H3,(H,35,36)(H,37,41)/t27-,29+/m1/s1. The first-order chi connectivity index (χ1) is 20.3. The smallest absolute Gasteiger partial charge is 0.224 e. The Balaban J connectivity index is 1.29. The van der Waals surface area contributed by atoms with Crippen molar-refractivity contribution in [1.29, 1.82) is 0 Å². The number of carbonyl (C=O) groups is 2. The molecule has 2 aromatic heterocycles. The largest absolute Gasteiger partial charge is 0.480 e. The van der Waals surface area contributed by atoms with E-state index in [9.17, 15) is 9.59 Å². The van der Waals surface area contributed by atoms with E-state index in [-0.39, 0.29) is 23.3 Å².